The van der Waals surface area contributed by atoms with Gasteiger partial charge < -0.3 is 4.42 Å². The van der Waals surface area contributed by atoms with E-state index < -0.39 is 0 Å². The number of thioether (sulfide) groups is 1. The lowest BCUT2D eigenvalue weighted by molar-refractivity contribution is 0.268. The topological polar surface area (TPSA) is 33.5 Å². The molecule has 0 N–H and O–H groups in total. The maximum Gasteiger partial charge on any atom is 0.296 e. The molecule has 0 saturated carbocycles. The number of carbonyl (C=O) groups is 1. The second-order valence-electron chi connectivity index (χ2n) is 6.16. The van der Waals surface area contributed by atoms with Gasteiger partial charge in [-0.2, -0.15) is 0 Å². The molecular weight excluding hydrogens is 433 g/mol. The van der Waals surface area contributed by atoms with E-state index in [1.807, 2.05) is 55.5 Å². The van der Waals surface area contributed by atoms with Crippen LogP contribution in [0.2, 0.25) is 10.0 Å². The number of rotatable bonds is 3. The van der Waals surface area contributed by atoms with E-state index in [2.05, 4.69) is 0 Å². The fourth-order valence-electron chi connectivity index (χ4n) is 2.78. The predicted molar refractivity (Wildman–Crippen MR) is 121 cm³/mol. The Morgan fingerprint density at radius 2 is 1.82 bits per heavy atom. The Kier molecular flexibility index (Phi) is 5.34. The Labute approximate surface area is 181 Å². The first-order valence-corrected chi connectivity index (χ1v) is 10.3. The highest BCUT2D eigenvalue weighted by atomic mass is 35.5. The van der Waals surface area contributed by atoms with E-state index in [-0.39, 0.29) is 5.24 Å². The van der Waals surface area contributed by atoms with Gasteiger partial charge in [-0.3, -0.25) is 9.69 Å². The number of anilines is 1. The summed E-state index contributed by atoms with van der Waals surface area (Å²) in [4.78, 5) is 15.1. The van der Waals surface area contributed by atoms with E-state index in [9.17, 15) is 4.79 Å². The Morgan fingerprint density at radius 1 is 1.07 bits per heavy atom. The third-order valence-corrected chi connectivity index (χ3v) is 6.44. The molecule has 28 heavy (non-hydrogen) atoms. The van der Waals surface area contributed by atoms with Gasteiger partial charge in [0.05, 0.1) is 20.6 Å². The summed E-state index contributed by atoms with van der Waals surface area (Å²) in [6, 6.07) is 16.7. The molecular formula is C21H13Cl2NO2S2. The zero-order valence-corrected chi connectivity index (χ0v) is 17.8. The molecule has 7 heteroatoms. The number of amides is 1. The van der Waals surface area contributed by atoms with Crippen LogP contribution in [0.5, 0.6) is 0 Å². The van der Waals surface area contributed by atoms with Crippen LogP contribution in [0.1, 0.15) is 11.3 Å². The lowest BCUT2D eigenvalue weighted by atomic mass is 10.2. The molecule has 0 atom stereocenters. The molecule has 3 nitrogen and oxygen atoms in total. The van der Waals surface area contributed by atoms with E-state index in [1.54, 1.807) is 12.1 Å². The molecule has 4 rings (SSSR count). The Balaban J connectivity index is 1.62. The van der Waals surface area contributed by atoms with Gasteiger partial charge in [0.15, 0.2) is 0 Å². The molecule has 0 unspecified atom stereocenters. The molecule has 140 valence electrons. The van der Waals surface area contributed by atoms with Gasteiger partial charge in [-0.05, 0) is 61.2 Å². The van der Waals surface area contributed by atoms with Crippen LogP contribution in [0, 0.1) is 6.92 Å². The normalized spacial score (nSPS) is 15.7. The molecule has 1 fully saturated rings. The summed E-state index contributed by atoms with van der Waals surface area (Å²) >= 11 is 19.0. The minimum absolute atomic E-state index is 0.134. The lowest BCUT2D eigenvalue weighted by Crippen LogP contribution is -2.26. The van der Waals surface area contributed by atoms with Crippen molar-refractivity contribution >= 4 is 69.2 Å². The van der Waals surface area contributed by atoms with Crippen molar-refractivity contribution in [3.05, 3.63) is 80.9 Å². The number of furan rings is 1. The summed E-state index contributed by atoms with van der Waals surface area (Å²) in [5.41, 5.74) is 2.58. The number of thiocarbonyl (C=S) groups is 1. The Bertz CT molecular complexity index is 1120. The minimum Gasteiger partial charge on any atom is -0.457 e. The van der Waals surface area contributed by atoms with Crippen LogP contribution in [0.15, 0.2) is 63.9 Å². The third kappa shape index (κ3) is 3.63. The summed E-state index contributed by atoms with van der Waals surface area (Å²) in [5.74, 6) is 1.17. The lowest BCUT2D eigenvalue weighted by Gasteiger charge is -2.14. The van der Waals surface area contributed by atoms with Gasteiger partial charge in [-0.1, -0.05) is 59.2 Å². The molecule has 0 bridgehead atoms. The van der Waals surface area contributed by atoms with Crippen LogP contribution in [0.4, 0.5) is 10.5 Å². The number of hydrogen-bond donors (Lipinski definition) is 0. The average molecular weight is 446 g/mol. The fraction of sp³-hybridized carbons (Fsp3) is 0.0476. The molecule has 1 saturated heterocycles. The fourth-order valence-corrected chi connectivity index (χ4v) is 4.44. The molecule has 1 amide bonds. The molecule has 2 aromatic carbocycles. The minimum atomic E-state index is -0.134. The third-order valence-electron chi connectivity index (χ3n) is 4.20. The molecule has 0 aliphatic carbocycles. The molecule has 1 aliphatic heterocycles. The van der Waals surface area contributed by atoms with Crippen LogP contribution in [0.25, 0.3) is 17.4 Å². The zero-order valence-electron chi connectivity index (χ0n) is 14.6. The maximum atomic E-state index is 12.5. The molecule has 1 aliphatic rings. The van der Waals surface area contributed by atoms with Crippen LogP contribution in [-0.4, -0.2) is 10.2 Å². The largest absolute Gasteiger partial charge is 0.457 e. The predicted octanol–water partition coefficient (Wildman–Crippen LogP) is 7.60. The average Bonchev–Trinajstić information content (AvgIpc) is 3.23. The van der Waals surface area contributed by atoms with Gasteiger partial charge in [-0.15, -0.1) is 0 Å². The first-order chi connectivity index (χ1) is 13.4. The summed E-state index contributed by atoms with van der Waals surface area (Å²) < 4.78 is 5.89. The van der Waals surface area contributed by atoms with Crippen molar-refractivity contribution in [1.82, 2.24) is 0 Å². The van der Waals surface area contributed by atoms with Gasteiger partial charge in [0, 0.05) is 5.56 Å². The first-order valence-electron chi connectivity index (χ1n) is 8.33. The van der Waals surface area contributed by atoms with Crippen molar-refractivity contribution in [2.45, 2.75) is 6.92 Å². The second-order valence-corrected chi connectivity index (χ2v) is 8.32. The number of hydrogen-bond acceptors (Lipinski definition) is 4. The molecule has 0 radical (unpaired) electrons. The van der Waals surface area contributed by atoms with Gasteiger partial charge in [0.25, 0.3) is 5.24 Å². The molecule has 3 aromatic rings. The summed E-state index contributed by atoms with van der Waals surface area (Å²) in [5, 5.41) is 0.760. The highest BCUT2D eigenvalue weighted by Crippen LogP contribution is 2.38. The number of nitrogens with zero attached hydrogens (tertiary/aromatic N) is 1. The number of aryl methyl sites for hydroxylation is 1. The van der Waals surface area contributed by atoms with Crippen molar-refractivity contribution in [2.75, 3.05) is 4.90 Å². The Morgan fingerprint density at radius 3 is 2.57 bits per heavy atom. The van der Waals surface area contributed by atoms with E-state index in [1.165, 1.54) is 4.90 Å². The summed E-state index contributed by atoms with van der Waals surface area (Å²) in [7, 11) is 0. The quantitative estimate of drug-likeness (QED) is 0.306. The molecule has 1 aromatic heterocycles. The second kappa shape index (κ2) is 7.76. The van der Waals surface area contributed by atoms with Crippen LogP contribution >= 0.6 is 47.2 Å². The standard InChI is InChI=1S/C21H13Cl2NO2S2/c1-12-5-7-13(8-6-12)24-20(27)18(28-21(24)25)11-14-9-10-17(26-14)15-3-2-4-16(22)19(15)23/h2-11H,1H3/b18-11-. The van der Waals surface area contributed by atoms with Gasteiger partial charge in [-0.25, -0.2) is 0 Å². The number of halogens is 2. The highest BCUT2D eigenvalue weighted by Gasteiger charge is 2.33. The number of benzene rings is 2. The van der Waals surface area contributed by atoms with Gasteiger partial charge in [0.2, 0.25) is 0 Å². The van der Waals surface area contributed by atoms with Gasteiger partial charge >= 0.3 is 0 Å². The highest BCUT2D eigenvalue weighted by molar-refractivity contribution is 8.20. The SMILES string of the molecule is Cc1ccc(N2C(=O)S/C(=C\c3ccc(-c4cccc(Cl)c4Cl)o3)C2=S)cc1. The van der Waals surface area contributed by atoms with E-state index in [4.69, 9.17) is 39.8 Å². The van der Waals surface area contributed by atoms with Crippen molar-refractivity contribution in [3.63, 3.8) is 0 Å². The summed E-state index contributed by atoms with van der Waals surface area (Å²) in [6.07, 6.45) is 1.76. The van der Waals surface area contributed by atoms with E-state index in [0.29, 0.717) is 37.0 Å². The molecule has 0 spiro atoms. The zero-order chi connectivity index (χ0) is 19.8. The van der Waals surface area contributed by atoms with Crippen LogP contribution in [-0.2, 0) is 0 Å². The van der Waals surface area contributed by atoms with Crippen molar-refractivity contribution in [2.24, 2.45) is 0 Å². The molecule has 2 heterocycles. The Hall–Kier alpha value is -2.05. The van der Waals surface area contributed by atoms with Crippen LogP contribution < -0.4 is 4.90 Å². The summed E-state index contributed by atoms with van der Waals surface area (Å²) in [6.45, 7) is 1.99. The van der Waals surface area contributed by atoms with Gasteiger partial charge in [0.1, 0.15) is 16.5 Å². The first kappa shape index (κ1) is 19.3. The van der Waals surface area contributed by atoms with Crippen molar-refractivity contribution in [3.8, 4) is 11.3 Å². The van der Waals surface area contributed by atoms with E-state index >= 15 is 0 Å². The van der Waals surface area contributed by atoms with Crippen LogP contribution in [0.3, 0.4) is 0 Å². The monoisotopic (exact) mass is 445 g/mol. The maximum absolute atomic E-state index is 12.5. The number of carbonyl (C=O) groups excluding carboxylic acids is 1. The van der Waals surface area contributed by atoms with Crippen molar-refractivity contribution < 1.29 is 9.21 Å². The smallest absolute Gasteiger partial charge is 0.296 e. The van der Waals surface area contributed by atoms with Crippen molar-refractivity contribution in [1.29, 1.82) is 0 Å². The van der Waals surface area contributed by atoms with E-state index in [0.717, 1.165) is 23.0 Å².